The Hall–Kier alpha value is -1.92. The van der Waals surface area contributed by atoms with Crippen molar-refractivity contribution in [1.82, 2.24) is 4.31 Å². The average Bonchev–Trinajstić information content (AvgIpc) is 2.93. The molecule has 0 saturated carbocycles. The van der Waals surface area contributed by atoms with Gasteiger partial charge < -0.3 is 4.74 Å². The van der Waals surface area contributed by atoms with Crippen LogP contribution in [0.4, 0.5) is 0 Å². The molecule has 1 aliphatic rings. The van der Waals surface area contributed by atoms with Gasteiger partial charge in [0, 0.05) is 25.1 Å². The molecule has 6 heteroatoms. The minimum atomic E-state index is -3.59. The van der Waals surface area contributed by atoms with E-state index in [2.05, 4.69) is 6.58 Å². The number of carbonyl (C=O) groups excluding carboxylic acids is 1. The second kappa shape index (κ2) is 7.10. The van der Waals surface area contributed by atoms with Crippen LogP contribution >= 0.6 is 0 Å². The number of hydrogen-bond acceptors (Lipinski definition) is 4. The normalized spacial score (nSPS) is 20.6. The quantitative estimate of drug-likeness (QED) is 0.471. The number of esters is 1. The fourth-order valence-electron chi connectivity index (χ4n) is 2.58. The molecule has 1 saturated heterocycles. The third-order valence-corrected chi connectivity index (χ3v) is 5.58. The maximum absolute atomic E-state index is 12.7. The standard InChI is InChI=1S/C17H21NO4S/c1-4-22-17(19)10-14-11-18(12-16(14)13(2)3)23(20,21)15-8-6-5-7-9-15/h5-10,16H,2,4,11-12H2,1,3H3/b14-10+. The molecule has 0 bridgehead atoms. The highest BCUT2D eigenvalue weighted by Crippen LogP contribution is 2.32. The van der Waals surface area contributed by atoms with E-state index in [0.717, 1.165) is 11.1 Å². The number of nitrogens with zero attached hydrogens (tertiary/aromatic N) is 1. The van der Waals surface area contributed by atoms with E-state index >= 15 is 0 Å². The zero-order valence-electron chi connectivity index (χ0n) is 13.4. The molecule has 1 aromatic rings. The zero-order chi connectivity index (χ0) is 17.0. The van der Waals surface area contributed by atoms with Gasteiger partial charge in [-0.05, 0) is 31.6 Å². The average molecular weight is 335 g/mol. The van der Waals surface area contributed by atoms with Crippen molar-refractivity contribution in [3.05, 3.63) is 54.1 Å². The molecule has 1 aliphatic heterocycles. The molecule has 1 heterocycles. The van der Waals surface area contributed by atoms with Crippen LogP contribution in [0.25, 0.3) is 0 Å². The van der Waals surface area contributed by atoms with Gasteiger partial charge in [-0.15, -0.1) is 0 Å². The van der Waals surface area contributed by atoms with Gasteiger partial charge in [-0.1, -0.05) is 30.4 Å². The summed E-state index contributed by atoms with van der Waals surface area (Å²) in [6.45, 7) is 8.23. The van der Waals surface area contributed by atoms with Crippen molar-refractivity contribution in [3.63, 3.8) is 0 Å². The summed E-state index contributed by atoms with van der Waals surface area (Å²) in [5.41, 5.74) is 1.54. The fraction of sp³-hybridized carbons (Fsp3) is 0.353. The van der Waals surface area contributed by atoms with Crippen molar-refractivity contribution in [2.45, 2.75) is 18.7 Å². The maximum Gasteiger partial charge on any atom is 0.330 e. The lowest BCUT2D eigenvalue weighted by Gasteiger charge is -2.16. The van der Waals surface area contributed by atoms with E-state index in [1.54, 1.807) is 37.3 Å². The highest BCUT2D eigenvalue weighted by atomic mass is 32.2. The van der Waals surface area contributed by atoms with Gasteiger partial charge in [0.2, 0.25) is 10.0 Å². The monoisotopic (exact) mass is 335 g/mol. The van der Waals surface area contributed by atoms with Crippen LogP contribution in [-0.2, 0) is 19.6 Å². The molecule has 0 amide bonds. The van der Waals surface area contributed by atoms with E-state index in [1.165, 1.54) is 10.4 Å². The summed E-state index contributed by atoms with van der Waals surface area (Å²) in [5.74, 6) is -0.620. The van der Waals surface area contributed by atoms with Gasteiger partial charge >= 0.3 is 5.97 Å². The van der Waals surface area contributed by atoms with Gasteiger partial charge in [0.15, 0.2) is 0 Å². The SMILES string of the molecule is C=C(C)C1CN(S(=O)(=O)c2ccccc2)C/C1=C\C(=O)OCC. The van der Waals surface area contributed by atoms with Gasteiger partial charge in [-0.3, -0.25) is 0 Å². The van der Waals surface area contributed by atoms with Crippen molar-refractivity contribution >= 4 is 16.0 Å². The van der Waals surface area contributed by atoms with Gasteiger partial charge in [0.25, 0.3) is 0 Å². The smallest absolute Gasteiger partial charge is 0.330 e. The van der Waals surface area contributed by atoms with Gasteiger partial charge in [0.05, 0.1) is 11.5 Å². The van der Waals surface area contributed by atoms with Crippen LogP contribution in [-0.4, -0.2) is 38.4 Å². The molecule has 2 rings (SSSR count). The predicted molar refractivity (Wildman–Crippen MR) is 88.2 cm³/mol. The summed E-state index contributed by atoms with van der Waals surface area (Å²) >= 11 is 0. The highest BCUT2D eigenvalue weighted by Gasteiger charge is 2.36. The Labute approximate surface area is 137 Å². The van der Waals surface area contributed by atoms with Crippen molar-refractivity contribution in [3.8, 4) is 0 Å². The van der Waals surface area contributed by atoms with Crippen LogP contribution in [0.5, 0.6) is 0 Å². The fourth-order valence-corrected chi connectivity index (χ4v) is 4.04. The minimum Gasteiger partial charge on any atom is -0.463 e. The molecular formula is C17H21NO4S. The number of sulfonamides is 1. The van der Waals surface area contributed by atoms with Gasteiger partial charge in [-0.2, -0.15) is 4.31 Å². The lowest BCUT2D eigenvalue weighted by molar-refractivity contribution is -0.137. The molecule has 1 unspecified atom stereocenters. The summed E-state index contributed by atoms with van der Waals surface area (Å²) in [4.78, 5) is 11.9. The van der Waals surface area contributed by atoms with Crippen molar-refractivity contribution in [2.75, 3.05) is 19.7 Å². The van der Waals surface area contributed by atoms with Crippen LogP contribution in [0.15, 0.2) is 59.0 Å². The van der Waals surface area contributed by atoms with E-state index < -0.39 is 16.0 Å². The van der Waals surface area contributed by atoms with E-state index in [1.807, 2.05) is 6.92 Å². The van der Waals surface area contributed by atoms with Crippen molar-refractivity contribution in [2.24, 2.45) is 5.92 Å². The molecule has 0 N–H and O–H groups in total. The third-order valence-electron chi connectivity index (χ3n) is 3.76. The highest BCUT2D eigenvalue weighted by molar-refractivity contribution is 7.89. The molecule has 0 radical (unpaired) electrons. The van der Waals surface area contributed by atoms with Gasteiger partial charge in [0.1, 0.15) is 0 Å². The lowest BCUT2D eigenvalue weighted by Crippen LogP contribution is -2.29. The molecule has 23 heavy (non-hydrogen) atoms. The Bertz CT molecular complexity index is 722. The van der Waals surface area contributed by atoms with E-state index in [9.17, 15) is 13.2 Å². The molecule has 1 aromatic carbocycles. The van der Waals surface area contributed by atoms with Crippen molar-refractivity contribution < 1.29 is 17.9 Å². The summed E-state index contributed by atoms with van der Waals surface area (Å²) in [6.07, 6.45) is 1.39. The molecule has 124 valence electrons. The predicted octanol–water partition coefficient (Wildman–Crippen LogP) is 2.37. The van der Waals surface area contributed by atoms with Crippen LogP contribution in [0.3, 0.4) is 0 Å². The van der Waals surface area contributed by atoms with Crippen LogP contribution in [0, 0.1) is 5.92 Å². The summed E-state index contributed by atoms with van der Waals surface area (Å²) in [5, 5.41) is 0. The second-order valence-corrected chi connectivity index (χ2v) is 7.42. The Morgan fingerprint density at radius 3 is 2.61 bits per heavy atom. The summed E-state index contributed by atoms with van der Waals surface area (Å²) in [7, 11) is -3.59. The van der Waals surface area contributed by atoms with Crippen molar-refractivity contribution in [1.29, 1.82) is 0 Å². The Morgan fingerprint density at radius 1 is 1.39 bits per heavy atom. The Morgan fingerprint density at radius 2 is 2.04 bits per heavy atom. The summed E-state index contributed by atoms with van der Waals surface area (Å²) < 4.78 is 31.7. The molecule has 1 fully saturated rings. The minimum absolute atomic E-state index is 0.169. The van der Waals surface area contributed by atoms with E-state index in [4.69, 9.17) is 4.74 Å². The zero-order valence-corrected chi connectivity index (χ0v) is 14.2. The number of benzene rings is 1. The molecular weight excluding hydrogens is 314 g/mol. The largest absolute Gasteiger partial charge is 0.463 e. The molecule has 5 nitrogen and oxygen atoms in total. The first kappa shape index (κ1) is 17.4. The van der Waals surface area contributed by atoms with Crippen LogP contribution in [0.2, 0.25) is 0 Å². The third kappa shape index (κ3) is 3.89. The summed E-state index contributed by atoms with van der Waals surface area (Å²) in [6, 6.07) is 8.28. The number of ether oxygens (including phenoxy) is 1. The van der Waals surface area contributed by atoms with Crippen LogP contribution < -0.4 is 0 Å². The van der Waals surface area contributed by atoms with E-state index in [-0.39, 0.29) is 30.5 Å². The molecule has 0 aromatic heterocycles. The number of hydrogen-bond donors (Lipinski definition) is 0. The number of carbonyl (C=O) groups is 1. The first-order chi connectivity index (χ1) is 10.9. The lowest BCUT2D eigenvalue weighted by atomic mass is 9.96. The van der Waals surface area contributed by atoms with Gasteiger partial charge in [-0.25, -0.2) is 13.2 Å². The molecule has 0 aliphatic carbocycles. The second-order valence-electron chi connectivity index (χ2n) is 5.48. The molecule has 0 spiro atoms. The topological polar surface area (TPSA) is 63.7 Å². The van der Waals surface area contributed by atoms with E-state index in [0.29, 0.717) is 0 Å². The first-order valence-electron chi connectivity index (χ1n) is 7.44. The Balaban J connectivity index is 2.30. The Kier molecular flexibility index (Phi) is 5.38. The number of rotatable bonds is 5. The first-order valence-corrected chi connectivity index (χ1v) is 8.88. The maximum atomic E-state index is 12.7. The van der Waals surface area contributed by atoms with Crippen LogP contribution in [0.1, 0.15) is 13.8 Å². The molecule has 1 atom stereocenters.